The van der Waals surface area contributed by atoms with Gasteiger partial charge in [-0.25, -0.2) is 0 Å². The highest BCUT2D eigenvalue weighted by molar-refractivity contribution is 9.10. The lowest BCUT2D eigenvalue weighted by atomic mass is 10.1. The Morgan fingerprint density at radius 1 is 1.24 bits per heavy atom. The van der Waals surface area contributed by atoms with Gasteiger partial charge in [0.2, 0.25) is 0 Å². The van der Waals surface area contributed by atoms with Crippen LogP contribution in [0, 0.1) is 0 Å². The van der Waals surface area contributed by atoms with Crippen molar-refractivity contribution in [2.24, 2.45) is 0 Å². The Bertz CT molecular complexity index is 423. The normalized spacial score (nSPS) is 12.2. The molecule has 0 heterocycles. The molecule has 0 aliphatic rings. The van der Waals surface area contributed by atoms with Gasteiger partial charge in [0.15, 0.2) is 11.5 Å². The number of ether oxygens (including phenoxy) is 2. The fraction of sp³-hybridized carbons (Fsp3) is 0.647. The average molecular weight is 358 g/mol. The highest BCUT2D eigenvalue weighted by atomic mass is 79.9. The molecule has 1 aromatic carbocycles. The molecule has 4 heteroatoms. The number of methoxy groups -OCH3 is 1. The Morgan fingerprint density at radius 2 is 2.00 bits per heavy atom. The first kappa shape index (κ1) is 18.3. The number of halogens is 1. The first-order valence-electron chi connectivity index (χ1n) is 7.84. The molecule has 0 saturated carbocycles. The van der Waals surface area contributed by atoms with Crippen LogP contribution in [-0.2, 0) is 6.54 Å². The number of rotatable bonds is 10. The maximum atomic E-state index is 5.61. The van der Waals surface area contributed by atoms with Crippen LogP contribution in [-0.4, -0.2) is 19.8 Å². The summed E-state index contributed by atoms with van der Waals surface area (Å²) in [6.45, 7) is 7.92. The van der Waals surface area contributed by atoms with E-state index >= 15 is 0 Å². The van der Waals surface area contributed by atoms with Crippen molar-refractivity contribution in [2.45, 2.75) is 59.0 Å². The SMILES string of the molecule is CCCCCC(C)NCc1cc(Br)c(OCC)c(OC)c1. The smallest absolute Gasteiger partial charge is 0.175 e. The van der Waals surface area contributed by atoms with Crippen molar-refractivity contribution in [3.8, 4) is 11.5 Å². The van der Waals surface area contributed by atoms with Gasteiger partial charge in [-0.1, -0.05) is 26.2 Å². The zero-order valence-corrected chi connectivity index (χ0v) is 15.3. The van der Waals surface area contributed by atoms with Gasteiger partial charge in [0.25, 0.3) is 0 Å². The van der Waals surface area contributed by atoms with Crippen LogP contribution in [0.1, 0.15) is 52.0 Å². The van der Waals surface area contributed by atoms with E-state index in [0.29, 0.717) is 12.6 Å². The maximum absolute atomic E-state index is 5.61. The van der Waals surface area contributed by atoms with Crippen molar-refractivity contribution in [1.82, 2.24) is 5.32 Å². The molecular formula is C17H28BrNO2. The molecule has 120 valence electrons. The molecule has 0 bridgehead atoms. The first-order valence-corrected chi connectivity index (χ1v) is 8.64. The van der Waals surface area contributed by atoms with Crippen LogP contribution in [0.4, 0.5) is 0 Å². The number of hydrogen-bond acceptors (Lipinski definition) is 3. The molecule has 1 aromatic rings. The molecule has 0 aliphatic heterocycles. The monoisotopic (exact) mass is 357 g/mol. The van der Waals surface area contributed by atoms with Gasteiger partial charge in [-0.05, 0) is 53.9 Å². The van der Waals surface area contributed by atoms with E-state index in [2.05, 4.69) is 41.2 Å². The highest BCUT2D eigenvalue weighted by Gasteiger charge is 2.11. The molecule has 1 atom stereocenters. The molecule has 0 radical (unpaired) electrons. The second-order valence-electron chi connectivity index (χ2n) is 5.32. The van der Waals surface area contributed by atoms with Gasteiger partial charge in [-0.15, -0.1) is 0 Å². The standard InChI is InChI=1S/C17H28BrNO2/c1-5-7-8-9-13(3)19-12-14-10-15(18)17(21-6-2)16(11-14)20-4/h10-11,13,19H,5-9,12H2,1-4H3. The Kier molecular flexibility index (Phi) is 8.77. The van der Waals surface area contributed by atoms with Gasteiger partial charge in [-0.2, -0.15) is 0 Å². The zero-order valence-electron chi connectivity index (χ0n) is 13.7. The van der Waals surface area contributed by atoms with E-state index in [4.69, 9.17) is 9.47 Å². The molecule has 1 rings (SSSR count). The van der Waals surface area contributed by atoms with Crippen molar-refractivity contribution in [1.29, 1.82) is 0 Å². The summed E-state index contributed by atoms with van der Waals surface area (Å²) in [5.74, 6) is 1.56. The minimum absolute atomic E-state index is 0.535. The Morgan fingerprint density at radius 3 is 2.62 bits per heavy atom. The third-order valence-electron chi connectivity index (χ3n) is 3.47. The van der Waals surface area contributed by atoms with Gasteiger partial charge < -0.3 is 14.8 Å². The first-order chi connectivity index (χ1) is 10.1. The van der Waals surface area contributed by atoms with Crippen molar-refractivity contribution in [2.75, 3.05) is 13.7 Å². The van der Waals surface area contributed by atoms with Gasteiger partial charge in [0.1, 0.15) is 0 Å². The third kappa shape index (κ3) is 6.27. The minimum atomic E-state index is 0.535. The molecule has 0 fully saturated rings. The Hall–Kier alpha value is -0.740. The van der Waals surface area contributed by atoms with Crippen LogP contribution in [0.25, 0.3) is 0 Å². The van der Waals surface area contributed by atoms with Crippen LogP contribution in [0.3, 0.4) is 0 Å². The van der Waals surface area contributed by atoms with Crippen molar-refractivity contribution >= 4 is 15.9 Å². The topological polar surface area (TPSA) is 30.5 Å². The molecule has 0 aliphatic carbocycles. The lowest BCUT2D eigenvalue weighted by molar-refractivity contribution is 0.308. The lowest BCUT2D eigenvalue weighted by Gasteiger charge is -2.16. The van der Waals surface area contributed by atoms with Crippen LogP contribution < -0.4 is 14.8 Å². The highest BCUT2D eigenvalue weighted by Crippen LogP contribution is 2.36. The summed E-state index contributed by atoms with van der Waals surface area (Å²) in [5.41, 5.74) is 1.20. The molecule has 21 heavy (non-hydrogen) atoms. The predicted molar refractivity (Wildman–Crippen MR) is 92.3 cm³/mol. The summed E-state index contributed by atoms with van der Waals surface area (Å²) >= 11 is 3.57. The summed E-state index contributed by atoms with van der Waals surface area (Å²) < 4.78 is 12.0. The number of unbranched alkanes of at least 4 members (excludes halogenated alkanes) is 2. The summed E-state index contributed by atoms with van der Waals surface area (Å²) in [6, 6.07) is 4.67. The summed E-state index contributed by atoms with van der Waals surface area (Å²) in [4.78, 5) is 0. The van der Waals surface area contributed by atoms with Crippen LogP contribution in [0.5, 0.6) is 11.5 Å². The quantitative estimate of drug-likeness (QED) is 0.603. The van der Waals surface area contributed by atoms with Crippen molar-refractivity contribution in [3.05, 3.63) is 22.2 Å². The third-order valence-corrected chi connectivity index (χ3v) is 4.06. The molecule has 0 saturated heterocycles. The molecular weight excluding hydrogens is 330 g/mol. The van der Waals surface area contributed by atoms with E-state index in [0.717, 1.165) is 22.5 Å². The zero-order chi connectivity index (χ0) is 15.7. The molecule has 1 N–H and O–H groups in total. The summed E-state index contributed by atoms with van der Waals surface area (Å²) in [7, 11) is 1.68. The molecule has 3 nitrogen and oxygen atoms in total. The van der Waals surface area contributed by atoms with E-state index in [1.807, 2.05) is 13.0 Å². The van der Waals surface area contributed by atoms with Crippen LogP contribution in [0.15, 0.2) is 16.6 Å². The predicted octanol–water partition coefficient (Wildman–Crippen LogP) is 4.91. The minimum Gasteiger partial charge on any atom is -0.493 e. The van der Waals surface area contributed by atoms with Gasteiger partial charge in [-0.3, -0.25) is 0 Å². The molecule has 0 amide bonds. The van der Waals surface area contributed by atoms with Gasteiger partial charge in [0, 0.05) is 12.6 Å². The average Bonchev–Trinajstić information content (AvgIpc) is 2.47. The van der Waals surface area contributed by atoms with Gasteiger partial charge >= 0.3 is 0 Å². The maximum Gasteiger partial charge on any atom is 0.175 e. The Balaban J connectivity index is 2.61. The van der Waals surface area contributed by atoms with Crippen LogP contribution >= 0.6 is 15.9 Å². The molecule has 0 aromatic heterocycles. The summed E-state index contributed by atoms with van der Waals surface area (Å²) in [5, 5.41) is 3.57. The number of benzene rings is 1. The van der Waals surface area contributed by atoms with Crippen LogP contribution in [0.2, 0.25) is 0 Å². The second-order valence-corrected chi connectivity index (χ2v) is 6.17. The van der Waals surface area contributed by atoms with E-state index < -0.39 is 0 Å². The fourth-order valence-electron chi connectivity index (χ4n) is 2.25. The van der Waals surface area contributed by atoms with Gasteiger partial charge in [0.05, 0.1) is 18.2 Å². The van der Waals surface area contributed by atoms with Crippen molar-refractivity contribution in [3.63, 3.8) is 0 Å². The van der Waals surface area contributed by atoms with Crippen molar-refractivity contribution < 1.29 is 9.47 Å². The van der Waals surface area contributed by atoms with E-state index in [1.54, 1.807) is 7.11 Å². The number of nitrogens with one attached hydrogen (secondary N) is 1. The molecule has 0 spiro atoms. The fourth-order valence-corrected chi connectivity index (χ4v) is 2.86. The number of hydrogen-bond donors (Lipinski definition) is 1. The molecule has 1 unspecified atom stereocenters. The largest absolute Gasteiger partial charge is 0.493 e. The summed E-state index contributed by atoms with van der Waals surface area (Å²) in [6.07, 6.45) is 5.11. The Labute approximate surface area is 137 Å². The lowest BCUT2D eigenvalue weighted by Crippen LogP contribution is -2.25. The van der Waals surface area contributed by atoms with E-state index in [9.17, 15) is 0 Å². The van der Waals surface area contributed by atoms with E-state index in [1.165, 1.54) is 31.2 Å². The second kappa shape index (κ2) is 10.1. The van der Waals surface area contributed by atoms with E-state index in [-0.39, 0.29) is 0 Å².